The lowest BCUT2D eigenvalue weighted by molar-refractivity contribution is -0.121. The number of rotatable bonds is 5. The van der Waals surface area contributed by atoms with E-state index in [2.05, 4.69) is 15.6 Å². The number of aryl methyl sites for hydroxylation is 1. The molecule has 2 N–H and O–H groups in total. The summed E-state index contributed by atoms with van der Waals surface area (Å²) in [5, 5.41) is 6.32. The van der Waals surface area contributed by atoms with Crippen LogP contribution in [0.3, 0.4) is 0 Å². The number of aromatic nitrogens is 1. The fourth-order valence-electron chi connectivity index (χ4n) is 2.59. The molecule has 7 heteroatoms. The number of amides is 1. The molecule has 2 aromatic rings. The summed E-state index contributed by atoms with van der Waals surface area (Å²) in [6, 6.07) is 6.20. The first-order valence-corrected chi connectivity index (χ1v) is 8.81. The predicted octanol–water partition coefficient (Wildman–Crippen LogP) is 2.31. The topological polar surface area (TPSA) is 67.2 Å². The van der Waals surface area contributed by atoms with Crippen molar-refractivity contribution in [3.8, 4) is 0 Å². The third-order valence-electron chi connectivity index (χ3n) is 3.76. The quantitative estimate of drug-likeness (QED) is 0.861. The number of para-hydroxylation sites is 1. The molecule has 126 valence electrons. The molecule has 0 bridgehead atoms. The number of thioether (sulfide) groups is 1. The summed E-state index contributed by atoms with van der Waals surface area (Å²) in [6.07, 6.45) is 1.16. The van der Waals surface area contributed by atoms with Gasteiger partial charge in [0, 0.05) is 43.5 Å². The summed E-state index contributed by atoms with van der Waals surface area (Å²) in [4.78, 5) is 16.4. The Labute approximate surface area is 146 Å². The second-order valence-corrected chi connectivity index (χ2v) is 6.71. The van der Waals surface area contributed by atoms with Crippen LogP contribution in [-0.2, 0) is 11.2 Å². The van der Waals surface area contributed by atoms with Gasteiger partial charge in [0.1, 0.15) is 5.52 Å². The number of hydrogen-bond donors (Lipinski definition) is 2. The Balaban J connectivity index is 0.00000192. The number of benzene rings is 1. The Morgan fingerprint density at radius 3 is 3.13 bits per heavy atom. The van der Waals surface area contributed by atoms with Crippen LogP contribution in [0.1, 0.15) is 17.9 Å². The van der Waals surface area contributed by atoms with Gasteiger partial charge in [0.2, 0.25) is 5.91 Å². The van der Waals surface area contributed by atoms with E-state index in [1.807, 2.05) is 36.9 Å². The molecule has 1 amide bonds. The third-order valence-corrected chi connectivity index (χ3v) is 4.89. The SMILES string of the molecule is Cc1cccc2oc(CCNC(=O)CC3CSCCN3)nc12.Cl. The molecule has 1 aliphatic heterocycles. The number of fused-ring (bicyclic) bond motifs is 1. The first-order chi connectivity index (χ1) is 10.7. The molecule has 1 aliphatic rings. The van der Waals surface area contributed by atoms with E-state index >= 15 is 0 Å². The molecule has 1 atom stereocenters. The van der Waals surface area contributed by atoms with Crippen molar-refractivity contribution >= 4 is 41.2 Å². The molecule has 3 rings (SSSR count). The summed E-state index contributed by atoms with van der Waals surface area (Å²) in [5.74, 6) is 2.91. The van der Waals surface area contributed by atoms with E-state index in [4.69, 9.17) is 4.42 Å². The zero-order valence-electron chi connectivity index (χ0n) is 13.1. The lowest BCUT2D eigenvalue weighted by Gasteiger charge is -2.22. The minimum Gasteiger partial charge on any atom is -0.441 e. The van der Waals surface area contributed by atoms with E-state index in [1.165, 1.54) is 0 Å². The van der Waals surface area contributed by atoms with Crippen LogP contribution < -0.4 is 10.6 Å². The van der Waals surface area contributed by atoms with E-state index in [0.717, 1.165) is 34.7 Å². The maximum atomic E-state index is 11.9. The zero-order valence-corrected chi connectivity index (χ0v) is 14.8. The molecule has 1 fully saturated rings. The fourth-order valence-corrected chi connectivity index (χ4v) is 3.54. The maximum absolute atomic E-state index is 11.9. The van der Waals surface area contributed by atoms with Crippen molar-refractivity contribution in [2.75, 3.05) is 24.6 Å². The van der Waals surface area contributed by atoms with Crippen LogP contribution in [0.4, 0.5) is 0 Å². The number of hydrogen-bond acceptors (Lipinski definition) is 5. The van der Waals surface area contributed by atoms with Gasteiger partial charge in [-0.05, 0) is 18.6 Å². The van der Waals surface area contributed by atoms with Crippen molar-refractivity contribution < 1.29 is 9.21 Å². The summed E-state index contributed by atoms with van der Waals surface area (Å²) in [6.45, 7) is 3.57. The van der Waals surface area contributed by atoms with Crippen LogP contribution >= 0.6 is 24.2 Å². The fraction of sp³-hybridized carbons (Fsp3) is 0.500. The number of carbonyl (C=O) groups is 1. The maximum Gasteiger partial charge on any atom is 0.221 e. The van der Waals surface area contributed by atoms with E-state index < -0.39 is 0 Å². The minimum atomic E-state index is 0. The number of carbonyl (C=O) groups excluding carboxylic acids is 1. The van der Waals surface area contributed by atoms with Gasteiger partial charge in [-0.25, -0.2) is 4.98 Å². The molecule has 1 aromatic carbocycles. The van der Waals surface area contributed by atoms with Crippen molar-refractivity contribution in [3.05, 3.63) is 29.7 Å². The highest BCUT2D eigenvalue weighted by molar-refractivity contribution is 7.99. The van der Waals surface area contributed by atoms with Crippen LogP contribution in [-0.4, -0.2) is 41.5 Å². The first kappa shape index (κ1) is 18.1. The number of nitrogens with zero attached hydrogens (tertiary/aromatic N) is 1. The largest absolute Gasteiger partial charge is 0.441 e. The van der Waals surface area contributed by atoms with E-state index in [-0.39, 0.29) is 18.3 Å². The van der Waals surface area contributed by atoms with E-state index in [0.29, 0.717) is 31.3 Å². The Bertz CT molecular complexity index is 656. The Hall–Kier alpha value is -1.24. The second-order valence-electron chi connectivity index (χ2n) is 5.56. The first-order valence-electron chi connectivity index (χ1n) is 7.65. The molecule has 1 aromatic heterocycles. The average molecular weight is 356 g/mol. The van der Waals surface area contributed by atoms with E-state index in [1.54, 1.807) is 0 Å². The van der Waals surface area contributed by atoms with Crippen molar-refractivity contribution in [2.24, 2.45) is 0 Å². The van der Waals surface area contributed by atoms with Gasteiger partial charge in [0.15, 0.2) is 11.5 Å². The molecule has 5 nitrogen and oxygen atoms in total. The monoisotopic (exact) mass is 355 g/mol. The van der Waals surface area contributed by atoms with Gasteiger partial charge in [0.25, 0.3) is 0 Å². The Kier molecular flexibility index (Phi) is 6.74. The number of oxazole rings is 1. The third kappa shape index (κ3) is 4.86. The molecule has 0 spiro atoms. The van der Waals surface area contributed by atoms with Gasteiger partial charge >= 0.3 is 0 Å². The van der Waals surface area contributed by atoms with Crippen LogP contribution in [0.2, 0.25) is 0 Å². The number of halogens is 1. The van der Waals surface area contributed by atoms with E-state index in [9.17, 15) is 4.79 Å². The van der Waals surface area contributed by atoms with Gasteiger partial charge in [-0.2, -0.15) is 11.8 Å². The van der Waals surface area contributed by atoms with Gasteiger partial charge in [-0.1, -0.05) is 12.1 Å². The Morgan fingerprint density at radius 1 is 1.52 bits per heavy atom. The molecule has 23 heavy (non-hydrogen) atoms. The summed E-state index contributed by atoms with van der Waals surface area (Å²) in [7, 11) is 0. The smallest absolute Gasteiger partial charge is 0.221 e. The molecular weight excluding hydrogens is 334 g/mol. The molecular formula is C16H22ClN3O2S. The van der Waals surface area contributed by atoms with Crippen LogP contribution in [0.5, 0.6) is 0 Å². The normalized spacial score (nSPS) is 17.7. The van der Waals surface area contributed by atoms with Gasteiger partial charge in [-0.3, -0.25) is 4.79 Å². The predicted molar refractivity (Wildman–Crippen MR) is 96.4 cm³/mol. The Morgan fingerprint density at radius 2 is 2.39 bits per heavy atom. The molecule has 2 heterocycles. The summed E-state index contributed by atoms with van der Waals surface area (Å²) in [5.41, 5.74) is 2.83. The molecule has 0 aliphatic carbocycles. The molecule has 1 unspecified atom stereocenters. The van der Waals surface area contributed by atoms with Crippen molar-refractivity contribution in [2.45, 2.75) is 25.8 Å². The van der Waals surface area contributed by atoms with Crippen LogP contribution in [0.25, 0.3) is 11.1 Å². The highest BCUT2D eigenvalue weighted by atomic mass is 35.5. The molecule has 1 saturated heterocycles. The van der Waals surface area contributed by atoms with Crippen molar-refractivity contribution in [3.63, 3.8) is 0 Å². The highest BCUT2D eigenvalue weighted by Crippen LogP contribution is 2.18. The zero-order chi connectivity index (χ0) is 15.4. The van der Waals surface area contributed by atoms with Crippen LogP contribution in [0, 0.1) is 6.92 Å². The van der Waals surface area contributed by atoms with Crippen molar-refractivity contribution in [1.29, 1.82) is 0 Å². The molecule has 0 saturated carbocycles. The van der Waals surface area contributed by atoms with Crippen molar-refractivity contribution in [1.82, 2.24) is 15.6 Å². The summed E-state index contributed by atoms with van der Waals surface area (Å²) < 4.78 is 5.70. The average Bonchev–Trinajstić information content (AvgIpc) is 2.93. The molecule has 0 radical (unpaired) electrons. The van der Waals surface area contributed by atoms with Crippen LogP contribution in [0.15, 0.2) is 22.6 Å². The van der Waals surface area contributed by atoms with Gasteiger partial charge in [0.05, 0.1) is 0 Å². The highest BCUT2D eigenvalue weighted by Gasteiger charge is 2.16. The summed E-state index contributed by atoms with van der Waals surface area (Å²) >= 11 is 1.90. The van der Waals surface area contributed by atoms with Gasteiger partial charge < -0.3 is 15.1 Å². The number of nitrogens with one attached hydrogen (secondary N) is 2. The second kappa shape index (κ2) is 8.57. The standard InChI is InChI=1S/C16H21N3O2S.ClH/c1-11-3-2-4-13-16(11)19-15(21-13)5-6-18-14(20)9-12-10-22-8-7-17-12;/h2-4,12,17H,5-10H2,1H3,(H,18,20);1H. The minimum absolute atomic E-state index is 0. The lowest BCUT2D eigenvalue weighted by Crippen LogP contribution is -2.41. The van der Waals surface area contributed by atoms with Gasteiger partial charge in [-0.15, -0.1) is 12.4 Å². The lowest BCUT2D eigenvalue weighted by atomic mass is 10.2.